The van der Waals surface area contributed by atoms with E-state index in [9.17, 15) is 0 Å². The van der Waals surface area contributed by atoms with E-state index in [0.717, 1.165) is 23.5 Å². The van der Waals surface area contributed by atoms with Crippen molar-refractivity contribution < 1.29 is 4.42 Å². The lowest BCUT2D eigenvalue weighted by Crippen LogP contribution is -2.11. The van der Waals surface area contributed by atoms with Crippen molar-refractivity contribution in [3.63, 3.8) is 0 Å². The van der Waals surface area contributed by atoms with Gasteiger partial charge in [0.15, 0.2) is 0 Å². The van der Waals surface area contributed by atoms with Crippen molar-refractivity contribution in [3.8, 4) is 11.3 Å². The topological polar surface area (TPSA) is 26.0 Å². The summed E-state index contributed by atoms with van der Waals surface area (Å²) in [5.41, 5.74) is 5.97. The lowest BCUT2D eigenvalue weighted by Gasteiger charge is -2.21. The van der Waals surface area contributed by atoms with Crippen LogP contribution in [0.1, 0.15) is 51.5 Å². The van der Waals surface area contributed by atoms with Crippen LogP contribution in [0, 0.1) is 12.8 Å². The van der Waals surface area contributed by atoms with Gasteiger partial charge in [0.25, 0.3) is 0 Å². The van der Waals surface area contributed by atoms with Crippen LogP contribution in [0.15, 0.2) is 52.4 Å². The molecule has 0 spiro atoms. The number of thiophene rings is 2. The van der Waals surface area contributed by atoms with Crippen LogP contribution in [-0.2, 0) is 11.8 Å². The summed E-state index contributed by atoms with van der Waals surface area (Å²) in [5.74, 6) is 1.66. The van der Waals surface area contributed by atoms with E-state index in [1.165, 1.54) is 52.3 Å². The Morgan fingerprint density at radius 2 is 1.76 bits per heavy atom. The third-order valence-corrected chi connectivity index (χ3v) is 8.85. The van der Waals surface area contributed by atoms with E-state index >= 15 is 0 Å². The second kappa shape index (κ2) is 7.66. The molecular weight excluding hydrogens is 454 g/mol. The van der Waals surface area contributed by atoms with Gasteiger partial charge >= 0.3 is 0 Å². The molecule has 0 unspecified atom stereocenters. The number of hydrogen-bond acceptors (Lipinski definition) is 4. The fourth-order valence-corrected chi connectivity index (χ4v) is 7.37. The lowest BCUT2D eigenvalue weighted by atomic mass is 9.84. The van der Waals surface area contributed by atoms with Crippen LogP contribution in [0.25, 0.3) is 52.5 Å². The van der Waals surface area contributed by atoms with Crippen LogP contribution in [-0.4, -0.2) is 4.98 Å². The van der Waals surface area contributed by atoms with Crippen LogP contribution < -0.4 is 0 Å². The molecule has 4 heteroatoms. The molecule has 0 radical (unpaired) electrons. The number of pyridine rings is 1. The molecule has 0 fully saturated rings. The van der Waals surface area contributed by atoms with Gasteiger partial charge in [0.05, 0.1) is 5.69 Å². The Bertz CT molecular complexity index is 1710. The van der Waals surface area contributed by atoms with Crippen molar-refractivity contribution in [2.45, 2.75) is 53.4 Å². The molecule has 0 saturated carbocycles. The Kier molecular flexibility index (Phi) is 4.91. The van der Waals surface area contributed by atoms with Gasteiger partial charge in [-0.25, -0.2) is 0 Å². The summed E-state index contributed by atoms with van der Waals surface area (Å²) in [5, 5.41) is 7.30. The number of fused-ring (bicyclic) bond motifs is 6. The third kappa shape index (κ3) is 3.30. The smallest absolute Gasteiger partial charge is 0.135 e. The highest BCUT2D eigenvalue weighted by Gasteiger charge is 2.23. The van der Waals surface area contributed by atoms with E-state index in [0.29, 0.717) is 5.92 Å². The predicted molar refractivity (Wildman–Crippen MR) is 150 cm³/mol. The van der Waals surface area contributed by atoms with E-state index in [1.54, 1.807) is 0 Å². The molecule has 0 atom stereocenters. The highest BCUT2D eigenvalue weighted by molar-refractivity contribution is 7.26. The highest BCUT2D eigenvalue weighted by Crippen LogP contribution is 2.46. The summed E-state index contributed by atoms with van der Waals surface area (Å²) in [7, 11) is 0. The molecule has 2 aromatic carbocycles. The summed E-state index contributed by atoms with van der Waals surface area (Å²) < 4.78 is 10.3. The lowest BCUT2D eigenvalue weighted by molar-refractivity contribution is 0.496. The Morgan fingerprint density at radius 1 is 0.971 bits per heavy atom. The molecule has 0 amide bonds. The summed E-state index contributed by atoms with van der Waals surface area (Å²) in [6.07, 6.45) is 2.92. The van der Waals surface area contributed by atoms with Crippen LogP contribution in [0.4, 0.5) is 0 Å². The number of aromatic nitrogens is 1. The summed E-state index contributed by atoms with van der Waals surface area (Å²) >= 11 is 3.69. The van der Waals surface area contributed by atoms with Gasteiger partial charge in [-0.2, -0.15) is 0 Å². The fourth-order valence-electron chi connectivity index (χ4n) is 5.15. The van der Waals surface area contributed by atoms with Gasteiger partial charge in [0.1, 0.15) is 11.3 Å². The van der Waals surface area contributed by atoms with Crippen LogP contribution in [0.2, 0.25) is 0 Å². The van der Waals surface area contributed by atoms with Crippen molar-refractivity contribution >= 4 is 63.9 Å². The normalized spacial score (nSPS) is 12.8. The van der Waals surface area contributed by atoms with E-state index in [4.69, 9.17) is 9.40 Å². The Labute approximate surface area is 208 Å². The maximum absolute atomic E-state index is 6.38. The van der Waals surface area contributed by atoms with Gasteiger partial charge in [-0.3, -0.25) is 4.98 Å². The average molecular weight is 484 g/mol. The van der Waals surface area contributed by atoms with Crippen LogP contribution >= 0.6 is 22.7 Å². The van der Waals surface area contributed by atoms with Crippen molar-refractivity contribution in [1.82, 2.24) is 4.98 Å². The van der Waals surface area contributed by atoms with Gasteiger partial charge < -0.3 is 4.42 Å². The zero-order chi connectivity index (χ0) is 23.8. The Hall–Kier alpha value is -2.69. The minimum Gasteiger partial charge on any atom is -0.461 e. The number of hydrogen-bond donors (Lipinski definition) is 0. The molecule has 0 bridgehead atoms. The first-order valence-electron chi connectivity index (χ1n) is 12.0. The number of benzene rings is 2. The molecule has 0 aliphatic carbocycles. The SMILES string of the molecule is Cc1c(CC(C)C)oc2ccc3sc4ccnc(-c5cc(C(C)(C)C)c6sccc6c5)c4c3c12. The molecule has 4 heterocycles. The van der Waals surface area contributed by atoms with E-state index < -0.39 is 0 Å². The number of rotatable bonds is 3. The third-order valence-electron chi connectivity index (χ3n) is 6.76. The van der Waals surface area contributed by atoms with Gasteiger partial charge in [0.2, 0.25) is 0 Å². The van der Waals surface area contributed by atoms with Crippen molar-refractivity contribution in [1.29, 1.82) is 0 Å². The summed E-state index contributed by atoms with van der Waals surface area (Å²) in [6, 6.07) is 13.5. The van der Waals surface area contributed by atoms with Gasteiger partial charge in [-0.1, -0.05) is 34.6 Å². The largest absolute Gasteiger partial charge is 0.461 e. The first kappa shape index (κ1) is 21.8. The number of aryl methyl sites for hydroxylation is 1. The molecule has 0 saturated heterocycles. The molecule has 34 heavy (non-hydrogen) atoms. The quantitative estimate of drug-likeness (QED) is 0.250. The molecule has 4 aromatic heterocycles. The van der Waals surface area contributed by atoms with Crippen molar-refractivity contribution in [2.24, 2.45) is 5.92 Å². The number of nitrogens with zero attached hydrogens (tertiary/aromatic N) is 1. The first-order valence-corrected chi connectivity index (χ1v) is 13.7. The van der Waals surface area contributed by atoms with Crippen LogP contribution in [0.3, 0.4) is 0 Å². The van der Waals surface area contributed by atoms with Crippen molar-refractivity contribution in [3.05, 3.63) is 64.9 Å². The number of furan rings is 1. The van der Waals surface area contributed by atoms with E-state index in [-0.39, 0.29) is 5.41 Å². The molecule has 172 valence electrons. The minimum absolute atomic E-state index is 0.0594. The maximum Gasteiger partial charge on any atom is 0.135 e. The molecular formula is C30H29NOS2. The molecule has 2 nitrogen and oxygen atoms in total. The summed E-state index contributed by atoms with van der Waals surface area (Å²) in [6.45, 7) is 13.6. The van der Waals surface area contributed by atoms with E-state index in [2.05, 4.69) is 83.3 Å². The fraction of sp³-hybridized carbons (Fsp3) is 0.300. The second-order valence-electron chi connectivity index (χ2n) is 10.8. The molecule has 6 rings (SSSR count). The van der Waals surface area contributed by atoms with Crippen molar-refractivity contribution in [2.75, 3.05) is 0 Å². The standard InChI is InChI=1S/C30H29NOS2/c1-16(2)13-22-17(3)25-21(32-22)7-8-23-26(25)27-24(34-23)9-11-31-28(27)19-14-18-10-12-33-29(18)20(15-19)30(4,5)6/h7-12,14-16H,13H2,1-6H3. The summed E-state index contributed by atoms with van der Waals surface area (Å²) in [4.78, 5) is 4.98. The first-order chi connectivity index (χ1) is 16.2. The Morgan fingerprint density at radius 3 is 2.53 bits per heavy atom. The predicted octanol–water partition coefficient (Wildman–Crippen LogP) is 9.88. The Balaban J connectivity index is 1.72. The average Bonchev–Trinajstić information content (AvgIpc) is 3.47. The van der Waals surface area contributed by atoms with Gasteiger partial charge in [-0.15, -0.1) is 22.7 Å². The van der Waals surface area contributed by atoms with E-state index in [1.807, 2.05) is 28.9 Å². The van der Waals surface area contributed by atoms with Crippen LogP contribution in [0.5, 0.6) is 0 Å². The van der Waals surface area contributed by atoms with Gasteiger partial charge in [0, 0.05) is 48.4 Å². The minimum atomic E-state index is 0.0594. The highest BCUT2D eigenvalue weighted by atomic mass is 32.1. The zero-order valence-electron chi connectivity index (χ0n) is 20.6. The second-order valence-corrected chi connectivity index (χ2v) is 12.8. The molecule has 0 aliphatic heterocycles. The van der Waals surface area contributed by atoms with Gasteiger partial charge in [-0.05, 0) is 76.5 Å². The molecule has 6 aromatic rings. The molecule has 0 aliphatic rings. The zero-order valence-corrected chi connectivity index (χ0v) is 22.2. The monoisotopic (exact) mass is 483 g/mol. The molecule has 0 N–H and O–H groups in total. The maximum atomic E-state index is 6.38.